The van der Waals surface area contributed by atoms with Gasteiger partial charge in [0.25, 0.3) is 0 Å². The second-order valence-corrected chi connectivity index (χ2v) is 12.3. The Balaban J connectivity index is 1.78. The van der Waals surface area contributed by atoms with Crippen molar-refractivity contribution in [2.75, 3.05) is 6.61 Å². The normalized spacial score (nSPS) is 39.1. The van der Waals surface area contributed by atoms with Gasteiger partial charge in [-0.3, -0.25) is 9.59 Å². The topological polar surface area (TPSA) is 104 Å². The van der Waals surface area contributed by atoms with Crippen molar-refractivity contribution < 1.29 is 29.6 Å². The molecule has 6 heteroatoms. The molecule has 1 fully saturated rings. The molecule has 4 aliphatic carbocycles. The molecule has 4 aliphatic rings. The zero-order chi connectivity index (χ0) is 26.6. The fourth-order valence-electron chi connectivity index (χ4n) is 7.28. The highest BCUT2D eigenvalue weighted by atomic mass is 16.5. The minimum atomic E-state index is -1.21. The lowest BCUT2D eigenvalue weighted by atomic mass is 9.52. The highest BCUT2D eigenvalue weighted by molar-refractivity contribution is 5.92. The van der Waals surface area contributed by atoms with E-state index in [2.05, 4.69) is 32.9 Å². The molecular weight excluding hydrogens is 456 g/mol. The van der Waals surface area contributed by atoms with Crippen molar-refractivity contribution in [2.45, 2.75) is 85.0 Å². The molecular formula is C30H42O6. The molecule has 1 saturated carbocycles. The molecule has 0 aromatic rings. The molecule has 36 heavy (non-hydrogen) atoms. The third-order valence-corrected chi connectivity index (χ3v) is 10.0. The van der Waals surface area contributed by atoms with Gasteiger partial charge in [-0.15, -0.1) is 0 Å². The maximum absolute atomic E-state index is 12.1. The van der Waals surface area contributed by atoms with E-state index in [4.69, 9.17) is 4.74 Å². The van der Waals surface area contributed by atoms with Crippen LogP contribution in [0, 0.1) is 34.5 Å². The van der Waals surface area contributed by atoms with Gasteiger partial charge >= 0.3 is 5.97 Å². The molecule has 3 N–H and O–H groups in total. The molecule has 6 nitrogen and oxygen atoms in total. The van der Waals surface area contributed by atoms with Gasteiger partial charge in [-0.2, -0.15) is 0 Å². The summed E-state index contributed by atoms with van der Waals surface area (Å²) in [7, 11) is 0. The smallest absolute Gasteiger partial charge is 0.303 e. The molecule has 0 saturated heterocycles. The molecule has 9 atom stereocenters. The number of aliphatic hydroxyl groups is 3. The number of ether oxygens (including phenoxy) is 1. The SMILES string of the molecule is CC(=O)O[C@H]1C[C@H]([C@H](C)/C=C/[C@H](C)C(C)(O)CO)[C@]2(C)C1=C1C=CC3=CC(=O)CC[C@]3(C)[C@H]1C[C@H]2O. The van der Waals surface area contributed by atoms with Crippen LogP contribution in [0.4, 0.5) is 0 Å². The zero-order valence-electron chi connectivity index (χ0n) is 22.5. The Hall–Kier alpha value is -2.02. The van der Waals surface area contributed by atoms with E-state index in [-0.39, 0.29) is 47.4 Å². The lowest BCUT2D eigenvalue weighted by Crippen LogP contribution is -2.49. The molecule has 198 valence electrons. The van der Waals surface area contributed by atoms with Gasteiger partial charge in [-0.25, -0.2) is 0 Å². The van der Waals surface area contributed by atoms with Crippen LogP contribution in [0.1, 0.15) is 67.2 Å². The van der Waals surface area contributed by atoms with Gasteiger partial charge in [-0.05, 0) is 72.2 Å². The van der Waals surface area contributed by atoms with E-state index in [1.54, 1.807) is 13.0 Å². The van der Waals surface area contributed by atoms with Crippen LogP contribution in [-0.4, -0.2) is 51.5 Å². The maximum Gasteiger partial charge on any atom is 0.303 e. The summed E-state index contributed by atoms with van der Waals surface area (Å²) in [4.78, 5) is 24.3. The summed E-state index contributed by atoms with van der Waals surface area (Å²) >= 11 is 0. The standard InChI is InChI=1S/C30H42O6/c1-17(7-8-18(2)29(5,35)16-31)23-14-25(36-19(3)32)27-22-10-9-20-13-21(33)11-12-28(20,4)24(22)15-26(34)30(23,27)6/h7-10,13,17-18,23-26,31,34-35H,11-12,14-16H2,1-6H3/b8-7+/t17-,18+,23-,24+,25+,26-,28+,29?,30+/m1/s1. The highest BCUT2D eigenvalue weighted by Gasteiger charge is 2.60. The quantitative estimate of drug-likeness (QED) is 0.377. The van der Waals surface area contributed by atoms with E-state index < -0.39 is 23.2 Å². The summed E-state index contributed by atoms with van der Waals surface area (Å²) in [5.74, 6) is -0.310. The van der Waals surface area contributed by atoms with Crippen LogP contribution in [0.3, 0.4) is 0 Å². The van der Waals surface area contributed by atoms with Crippen molar-refractivity contribution in [3.63, 3.8) is 0 Å². The number of carbonyl (C=O) groups is 2. The fraction of sp³-hybridized carbons (Fsp3) is 0.667. The number of carbonyl (C=O) groups excluding carboxylic acids is 2. The third kappa shape index (κ3) is 4.25. The average Bonchev–Trinajstić information content (AvgIpc) is 3.11. The second-order valence-electron chi connectivity index (χ2n) is 12.3. The van der Waals surface area contributed by atoms with E-state index in [9.17, 15) is 24.9 Å². The number of rotatable bonds is 6. The van der Waals surface area contributed by atoms with E-state index in [1.165, 1.54) is 6.92 Å². The summed E-state index contributed by atoms with van der Waals surface area (Å²) in [5, 5.41) is 31.7. The minimum absolute atomic E-state index is 0.0221. The molecule has 0 bridgehead atoms. The Labute approximate surface area is 214 Å². The Morgan fingerprint density at radius 3 is 2.58 bits per heavy atom. The number of hydrogen-bond acceptors (Lipinski definition) is 6. The Morgan fingerprint density at radius 2 is 1.94 bits per heavy atom. The number of fused-ring (bicyclic) bond motifs is 4. The van der Waals surface area contributed by atoms with Crippen LogP contribution >= 0.6 is 0 Å². The molecule has 1 unspecified atom stereocenters. The van der Waals surface area contributed by atoms with Gasteiger partial charge in [0.1, 0.15) is 6.10 Å². The summed E-state index contributed by atoms with van der Waals surface area (Å²) in [6, 6.07) is 0. The number of hydrogen-bond donors (Lipinski definition) is 3. The molecule has 0 amide bonds. The minimum Gasteiger partial charge on any atom is -0.458 e. The Kier molecular flexibility index (Phi) is 7.04. The largest absolute Gasteiger partial charge is 0.458 e. The van der Waals surface area contributed by atoms with Crippen molar-refractivity contribution in [3.8, 4) is 0 Å². The third-order valence-electron chi connectivity index (χ3n) is 10.0. The summed E-state index contributed by atoms with van der Waals surface area (Å²) in [6.45, 7) is 11.0. The predicted molar refractivity (Wildman–Crippen MR) is 138 cm³/mol. The van der Waals surface area contributed by atoms with Crippen LogP contribution in [0.15, 0.2) is 47.1 Å². The molecule has 0 aliphatic heterocycles. The van der Waals surface area contributed by atoms with Crippen molar-refractivity contribution >= 4 is 11.8 Å². The fourth-order valence-corrected chi connectivity index (χ4v) is 7.28. The van der Waals surface area contributed by atoms with Crippen LogP contribution in [0.5, 0.6) is 0 Å². The summed E-state index contributed by atoms with van der Waals surface area (Å²) in [6.07, 6.45) is 11.3. The molecule has 4 rings (SSSR count). The van der Waals surface area contributed by atoms with E-state index in [0.29, 0.717) is 19.3 Å². The Morgan fingerprint density at radius 1 is 1.25 bits per heavy atom. The number of aliphatic hydroxyl groups excluding tert-OH is 2. The number of esters is 1. The molecule has 0 heterocycles. The van der Waals surface area contributed by atoms with Crippen LogP contribution in [-0.2, 0) is 14.3 Å². The molecule has 0 spiro atoms. The monoisotopic (exact) mass is 498 g/mol. The van der Waals surface area contributed by atoms with Crippen molar-refractivity contribution in [1.82, 2.24) is 0 Å². The number of allylic oxidation sites excluding steroid dienone is 6. The van der Waals surface area contributed by atoms with Gasteiger partial charge in [-0.1, -0.05) is 52.0 Å². The summed E-state index contributed by atoms with van der Waals surface area (Å²) < 4.78 is 5.90. The molecule has 0 aromatic heterocycles. The van der Waals surface area contributed by atoms with Gasteiger partial charge in [0.15, 0.2) is 5.78 Å². The van der Waals surface area contributed by atoms with E-state index in [0.717, 1.165) is 23.1 Å². The summed E-state index contributed by atoms with van der Waals surface area (Å²) in [5.41, 5.74) is 1.18. The van der Waals surface area contributed by atoms with Crippen molar-refractivity contribution in [1.29, 1.82) is 0 Å². The van der Waals surface area contributed by atoms with Gasteiger partial charge in [0.2, 0.25) is 0 Å². The second kappa shape index (κ2) is 9.38. The van der Waals surface area contributed by atoms with E-state index in [1.807, 2.05) is 19.1 Å². The number of ketones is 1. The predicted octanol–water partition coefficient (Wildman–Crippen LogP) is 4.06. The van der Waals surface area contributed by atoms with Crippen molar-refractivity contribution in [3.05, 3.63) is 47.1 Å². The lowest BCUT2D eigenvalue weighted by Gasteiger charge is -2.53. The van der Waals surface area contributed by atoms with Crippen LogP contribution in [0.25, 0.3) is 0 Å². The molecule has 0 aromatic carbocycles. The first-order valence-corrected chi connectivity index (χ1v) is 13.3. The van der Waals surface area contributed by atoms with E-state index >= 15 is 0 Å². The van der Waals surface area contributed by atoms with Crippen LogP contribution < -0.4 is 0 Å². The van der Waals surface area contributed by atoms with Gasteiger partial charge in [0.05, 0.1) is 18.3 Å². The first-order valence-electron chi connectivity index (χ1n) is 13.3. The highest BCUT2D eigenvalue weighted by Crippen LogP contribution is 2.64. The maximum atomic E-state index is 12.1. The average molecular weight is 499 g/mol. The first kappa shape index (κ1) is 27.0. The van der Waals surface area contributed by atoms with Crippen LogP contribution in [0.2, 0.25) is 0 Å². The van der Waals surface area contributed by atoms with Gasteiger partial charge < -0.3 is 20.1 Å². The van der Waals surface area contributed by atoms with Crippen molar-refractivity contribution in [2.24, 2.45) is 34.5 Å². The Bertz CT molecular complexity index is 1050. The first-order chi connectivity index (χ1) is 16.8. The zero-order valence-corrected chi connectivity index (χ0v) is 22.5. The molecule has 0 radical (unpaired) electrons. The lowest BCUT2D eigenvalue weighted by molar-refractivity contribution is -0.144. The van der Waals surface area contributed by atoms with Gasteiger partial charge in [0, 0.05) is 24.7 Å².